The normalized spacial score (nSPS) is 16.0. The van der Waals surface area contributed by atoms with E-state index < -0.39 is 23.5 Å². The molecule has 1 amide bonds. The Balaban J connectivity index is 1.90. The average molecular weight is 473 g/mol. The number of carbonyl (C=O) groups excluding carboxylic acids is 1. The third-order valence-corrected chi connectivity index (χ3v) is 6.06. The summed E-state index contributed by atoms with van der Waals surface area (Å²) >= 11 is 0. The van der Waals surface area contributed by atoms with Gasteiger partial charge in [-0.05, 0) is 37.0 Å². The molecule has 0 unspecified atom stereocenters. The van der Waals surface area contributed by atoms with E-state index in [1.54, 1.807) is 0 Å². The molecule has 0 aliphatic heterocycles. The summed E-state index contributed by atoms with van der Waals surface area (Å²) in [7, 11) is 0. The number of nitrogens with zero attached hydrogens (tertiary/aromatic N) is 1. The van der Waals surface area contributed by atoms with Gasteiger partial charge in [0.05, 0.1) is 0 Å². The van der Waals surface area contributed by atoms with Gasteiger partial charge in [0.1, 0.15) is 0 Å². The molecular formula is C24H25F6NO2. The Morgan fingerprint density at radius 2 is 1.39 bits per heavy atom. The smallest absolute Gasteiger partial charge is 0.369 e. The van der Waals surface area contributed by atoms with E-state index >= 15 is 0 Å². The van der Waals surface area contributed by atoms with Crippen LogP contribution >= 0.6 is 0 Å². The zero-order valence-electron chi connectivity index (χ0n) is 17.8. The summed E-state index contributed by atoms with van der Waals surface area (Å²) in [4.78, 5) is 14.6. The molecule has 33 heavy (non-hydrogen) atoms. The minimum Gasteiger partial charge on any atom is -0.369 e. The van der Waals surface area contributed by atoms with E-state index in [1.165, 1.54) is 4.90 Å². The predicted octanol–water partition coefficient (Wildman–Crippen LogP) is 6.30. The van der Waals surface area contributed by atoms with Gasteiger partial charge in [0, 0.05) is 23.7 Å². The number of carbonyl (C=O) groups is 1. The molecule has 0 heterocycles. The summed E-state index contributed by atoms with van der Waals surface area (Å²) in [5.41, 5.74) is -5.17. The molecule has 3 rings (SSSR count). The van der Waals surface area contributed by atoms with Crippen LogP contribution in [0.25, 0.3) is 0 Å². The Morgan fingerprint density at radius 3 is 1.91 bits per heavy atom. The van der Waals surface area contributed by atoms with Gasteiger partial charge in [-0.15, -0.1) is 0 Å². The second kappa shape index (κ2) is 9.75. The molecule has 1 N–H and O–H groups in total. The summed E-state index contributed by atoms with van der Waals surface area (Å²) in [6.45, 7) is 0. The van der Waals surface area contributed by atoms with Gasteiger partial charge in [-0.2, -0.15) is 26.3 Å². The number of hydrogen-bond acceptors (Lipinski definition) is 2. The van der Waals surface area contributed by atoms with Gasteiger partial charge in [0.25, 0.3) is 5.60 Å². The number of benzene rings is 2. The molecule has 0 atom stereocenters. The molecule has 9 heteroatoms. The molecule has 1 saturated carbocycles. The van der Waals surface area contributed by atoms with E-state index in [9.17, 15) is 36.2 Å². The molecule has 1 aliphatic carbocycles. The van der Waals surface area contributed by atoms with Crippen LogP contribution in [-0.4, -0.2) is 29.4 Å². The van der Waals surface area contributed by atoms with E-state index in [2.05, 4.69) is 0 Å². The summed E-state index contributed by atoms with van der Waals surface area (Å²) in [5, 5.41) is 9.62. The molecular weight excluding hydrogens is 448 g/mol. The second-order valence-corrected chi connectivity index (χ2v) is 8.29. The maximum atomic E-state index is 13.2. The Bertz CT molecular complexity index is 905. The molecule has 0 saturated heterocycles. The van der Waals surface area contributed by atoms with Crippen LogP contribution in [0.3, 0.4) is 0 Å². The fourth-order valence-electron chi connectivity index (χ4n) is 4.27. The summed E-state index contributed by atoms with van der Waals surface area (Å²) in [6, 6.07) is 12.4. The van der Waals surface area contributed by atoms with E-state index in [0.29, 0.717) is 31.4 Å². The molecule has 0 bridgehead atoms. The van der Waals surface area contributed by atoms with E-state index in [1.807, 2.05) is 30.3 Å². The van der Waals surface area contributed by atoms with Crippen molar-refractivity contribution in [2.75, 3.05) is 4.90 Å². The van der Waals surface area contributed by atoms with Crippen LogP contribution in [0.2, 0.25) is 0 Å². The minimum absolute atomic E-state index is 0.150. The number of hydrogen-bond donors (Lipinski definition) is 1. The van der Waals surface area contributed by atoms with Crippen molar-refractivity contribution in [3.05, 3.63) is 65.7 Å². The number of aliphatic hydroxyl groups is 1. The summed E-state index contributed by atoms with van der Waals surface area (Å²) in [6.07, 6.45) is -7.13. The molecule has 1 aliphatic rings. The number of aryl methyl sites for hydroxylation is 1. The van der Waals surface area contributed by atoms with Crippen molar-refractivity contribution in [1.82, 2.24) is 0 Å². The lowest BCUT2D eigenvalue weighted by atomic mass is 9.91. The first-order chi connectivity index (χ1) is 15.4. The largest absolute Gasteiger partial charge is 0.430 e. The molecule has 2 aromatic carbocycles. The number of rotatable bonds is 6. The van der Waals surface area contributed by atoms with Gasteiger partial charge in [-0.3, -0.25) is 4.79 Å². The maximum absolute atomic E-state index is 13.2. The first-order valence-corrected chi connectivity index (χ1v) is 10.8. The van der Waals surface area contributed by atoms with Crippen LogP contribution in [0.15, 0.2) is 54.6 Å². The fourth-order valence-corrected chi connectivity index (χ4v) is 4.27. The lowest BCUT2D eigenvalue weighted by molar-refractivity contribution is -0.376. The van der Waals surface area contributed by atoms with Crippen molar-refractivity contribution in [1.29, 1.82) is 0 Å². The van der Waals surface area contributed by atoms with Crippen LogP contribution < -0.4 is 4.90 Å². The monoisotopic (exact) mass is 473 g/mol. The van der Waals surface area contributed by atoms with E-state index in [0.717, 1.165) is 37.0 Å². The van der Waals surface area contributed by atoms with Crippen LogP contribution in [0.1, 0.15) is 49.7 Å². The number of anilines is 1. The molecule has 3 nitrogen and oxygen atoms in total. The number of halogens is 6. The van der Waals surface area contributed by atoms with Gasteiger partial charge in [0.2, 0.25) is 5.91 Å². The predicted molar refractivity (Wildman–Crippen MR) is 112 cm³/mol. The van der Waals surface area contributed by atoms with Crippen molar-refractivity contribution in [2.45, 2.75) is 68.9 Å². The summed E-state index contributed by atoms with van der Waals surface area (Å²) < 4.78 is 79.1. The minimum atomic E-state index is -5.96. The van der Waals surface area contributed by atoms with E-state index in [4.69, 9.17) is 0 Å². The van der Waals surface area contributed by atoms with Crippen molar-refractivity contribution in [2.24, 2.45) is 0 Å². The third-order valence-electron chi connectivity index (χ3n) is 6.06. The highest BCUT2D eigenvalue weighted by molar-refractivity contribution is 5.94. The maximum Gasteiger partial charge on any atom is 0.430 e. The van der Waals surface area contributed by atoms with Crippen molar-refractivity contribution in [3.63, 3.8) is 0 Å². The lowest BCUT2D eigenvalue weighted by Gasteiger charge is -2.36. The Hall–Kier alpha value is -2.55. The topological polar surface area (TPSA) is 40.5 Å². The Labute approximate surface area is 188 Å². The van der Waals surface area contributed by atoms with E-state index in [-0.39, 0.29) is 24.1 Å². The van der Waals surface area contributed by atoms with Crippen molar-refractivity contribution < 1.29 is 36.2 Å². The highest BCUT2D eigenvalue weighted by atomic mass is 19.4. The highest BCUT2D eigenvalue weighted by Crippen LogP contribution is 2.50. The Morgan fingerprint density at radius 1 is 0.848 bits per heavy atom. The van der Waals surface area contributed by atoms with Crippen LogP contribution in [0.5, 0.6) is 0 Å². The van der Waals surface area contributed by atoms with Crippen LogP contribution in [-0.2, 0) is 16.8 Å². The number of alkyl halides is 6. The van der Waals surface area contributed by atoms with Crippen LogP contribution in [0.4, 0.5) is 32.0 Å². The Kier molecular flexibility index (Phi) is 7.41. The van der Waals surface area contributed by atoms with Gasteiger partial charge in [-0.25, -0.2) is 0 Å². The highest BCUT2D eigenvalue weighted by Gasteiger charge is 2.71. The third kappa shape index (κ3) is 5.34. The standard InChI is InChI=1S/C24H25F6NO2/c25-23(26,27)22(33,24(28,29)30)18-12-14-20(15-13-18)31(19-9-5-2-6-10-19)21(32)16-11-17-7-3-1-4-8-17/h1,3-4,7-8,12-15,19,33H,2,5-6,9-11,16H2. The SMILES string of the molecule is O=C(CCc1ccccc1)N(c1ccc(C(O)(C(F)(F)F)C(F)(F)F)cc1)C1CCCCC1. The zero-order chi connectivity index (χ0) is 24.3. The first-order valence-electron chi connectivity index (χ1n) is 10.8. The van der Waals surface area contributed by atoms with Crippen molar-refractivity contribution in [3.8, 4) is 0 Å². The van der Waals surface area contributed by atoms with Gasteiger partial charge >= 0.3 is 12.4 Å². The summed E-state index contributed by atoms with van der Waals surface area (Å²) in [5.74, 6) is -0.250. The molecule has 0 spiro atoms. The zero-order valence-corrected chi connectivity index (χ0v) is 17.8. The molecule has 2 aromatic rings. The quantitative estimate of drug-likeness (QED) is 0.501. The van der Waals surface area contributed by atoms with Gasteiger partial charge in [-0.1, -0.05) is 61.7 Å². The molecule has 1 fully saturated rings. The van der Waals surface area contributed by atoms with Gasteiger partial charge < -0.3 is 10.0 Å². The first kappa shape index (κ1) is 25.1. The average Bonchev–Trinajstić information content (AvgIpc) is 2.78. The molecule has 0 radical (unpaired) electrons. The fraction of sp³-hybridized carbons (Fsp3) is 0.458. The van der Waals surface area contributed by atoms with Crippen LogP contribution in [0, 0.1) is 0 Å². The number of amides is 1. The molecule has 0 aromatic heterocycles. The lowest BCUT2D eigenvalue weighted by Crippen LogP contribution is -2.53. The molecule has 180 valence electrons. The second-order valence-electron chi connectivity index (χ2n) is 8.29. The van der Waals surface area contributed by atoms with Gasteiger partial charge in [0.15, 0.2) is 0 Å². The van der Waals surface area contributed by atoms with Crippen molar-refractivity contribution >= 4 is 11.6 Å².